The molecule has 0 amide bonds. The molecule has 0 aliphatic rings. The summed E-state index contributed by atoms with van der Waals surface area (Å²) in [6.07, 6.45) is 24.4. The topological polar surface area (TPSA) is 60.7 Å². The third-order valence-corrected chi connectivity index (χ3v) is 3.32. The van der Waals surface area contributed by atoms with E-state index in [1.807, 2.05) is 49.5 Å². The molecule has 0 bridgehead atoms. The zero-order valence-corrected chi connectivity index (χ0v) is 15.5. The molecule has 0 radical (unpaired) electrons. The van der Waals surface area contributed by atoms with E-state index in [0.717, 1.165) is 19.3 Å². The van der Waals surface area contributed by atoms with E-state index in [9.17, 15) is 15.3 Å². The Morgan fingerprint density at radius 1 is 0.600 bits per heavy atom. The van der Waals surface area contributed by atoms with Crippen LogP contribution in [-0.2, 0) is 0 Å². The van der Waals surface area contributed by atoms with Crippen LogP contribution in [-0.4, -0.2) is 33.6 Å². The summed E-state index contributed by atoms with van der Waals surface area (Å²) < 4.78 is 0. The van der Waals surface area contributed by atoms with Crippen molar-refractivity contribution in [2.75, 3.05) is 0 Å². The zero-order chi connectivity index (χ0) is 18.8. The fourth-order valence-corrected chi connectivity index (χ4v) is 1.95. The molecule has 3 heteroatoms. The van der Waals surface area contributed by atoms with E-state index in [-0.39, 0.29) is 6.10 Å². The highest BCUT2D eigenvalue weighted by Crippen LogP contribution is 2.00. The lowest BCUT2D eigenvalue weighted by Gasteiger charge is -2.00. The minimum absolute atomic E-state index is 0.386. The molecule has 0 aromatic carbocycles. The molecule has 0 saturated heterocycles. The average molecular weight is 347 g/mol. The van der Waals surface area contributed by atoms with Crippen LogP contribution < -0.4 is 0 Å². The van der Waals surface area contributed by atoms with Crippen LogP contribution in [0.25, 0.3) is 0 Å². The number of rotatable bonds is 13. The molecule has 3 nitrogen and oxygen atoms in total. The minimum Gasteiger partial charge on any atom is -0.389 e. The fraction of sp³-hybridized carbons (Fsp3) is 0.455. The minimum atomic E-state index is -0.540. The van der Waals surface area contributed by atoms with Gasteiger partial charge in [-0.05, 0) is 25.7 Å². The first kappa shape index (κ1) is 23.3. The Kier molecular flexibility index (Phi) is 16.0. The summed E-state index contributed by atoms with van der Waals surface area (Å²) in [5, 5.41) is 29.0. The maximum atomic E-state index is 9.80. The van der Waals surface area contributed by atoms with Gasteiger partial charge < -0.3 is 15.3 Å². The van der Waals surface area contributed by atoms with Crippen LogP contribution in [0.5, 0.6) is 0 Å². The first-order valence-electron chi connectivity index (χ1n) is 9.14. The Hall–Kier alpha value is -1.68. The first-order valence-corrected chi connectivity index (χ1v) is 9.14. The molecule has 0 heterocycles. The summed E-state index contributed by atoms with van der Waals surface area (Å²) in [7, 11) is 0. The zero-order valence-electron chi connectivity index (χ0n) is 15.5. The predicted octanol–water partition coefficient (Wildman–Crippen LogP) is 4.40. The van der Waals surface area contributed by atoms with E-state index in [1.165, 1.54) is 0 Å². The Labute approximate surface area is 153 Å². The van der Waals surface area contributed by atoms with E-state index in [4.69, 9.17) is 0 Å². The SMILES string of the molecule is CC/C=C\C[C@@H](O)/C=C/C=C\CC(O)/C=C/C=C/C=C[C@@H](O)CCC. The quantitative estimate of drug-likeness (QED) is 0.342. The van der Waals surface area contributed by atoms with Crippen LogP contribution in [0.3, 0.4) is 0 Å². The molecule has 140 valence electrons. The number of aliphatic hydroxyl groups is 3. The van der Waals surface area contributed by atoms with Gasteiger partial charge in [0.2, 0.25) is 0 Å². The van der Waals surface area contributed by atoms with E-state index < -0.39 is 12.2 Å². The summed E-state index contributed by atoms with van der Waals surface area (Å²) in [6.45, 7) is 4.10. The van der Waals surface area contributed by atoms with E-state index >= 15 is 0 Å². The number of allylic oxidation sites excluding steroid dienone is 7. The second kappa shape index (κ2) is 17.2. The van der Waals surface area contributed by atoms with Crippen molar-refractivity contribution in [1.82, 2.24) is 0 Å². The van der Waals surface area contributed by atoms with Crippen molar-refractivity contribution in [2.24, 2.45) is 0 Å². The van der Waals surface area contributed by atoms with Gasteiger partial charge in [0.25, 0.3) is 0 Å². The average Bonchev–Trinajstić information content (AvgIpc) is 2.58. The van der Waals surface area contributed by atoms with Crippen LogP contribution in [0, 0.1) is 0 Å². The molecule has 0 aromatic heterocycles. The van der Waals surface area contributed by atoms with Crippen LogP contribution in [0.1, 0.15) is 46.0 Å². The maximum Gasteiger partial charge on any atom is 0.0758 e. The fourth-order valence-electron chi connectivity index (χ4n) is 1.95. The maximum absolute atomic E-state index is 9.80. The summed E-state index contributed by atoms with van der Waals surface area (Å²) in [4.78, 5) is 0. The van der Waals surface area contributed by atoms with E-state index in [0.29, 0.717) is 12.8 Å². The molecule has 3 N–H and O–H groups in total. The lowest BCUT2D eigenvalue weighted by Crippen LogP contribution is -1.99. The van der Waals surface area contributed by atoms with Crippen LogP contribution in [0.15, 0.2) is 72.9 Å². The smallest absolute Gasteiger partial charge is 0.0758 e. The third-order valence-electron chi connectivity index (χ3n) is 3.32. The molecule has 3 atom stereocenters. The van der Waals surface area contributed by atoms with Crippen molar-refractivity contribution in [1.29, 1.82) is 0 Å². The van der Waals surface area contributed by atoms with E-state index in [2.05, 4.69) is 6.92 Å². The highest BCUT2D eigenvalue weighted by molar-refractivity contribution is 5.14. The van der Waals surface area contributed by atoms with Crippen molar-refractivity contribution in [3.8, 4) is 0 Å². The van der Waals surface area contributed by atoms with Crippen molar-refractivity contribution < 1.29 is 15.3 Å². The highest BCUT2D eigenvalue weighted by atomic mass is 16.3. The second-order valence-electron chi connectivity index (χ2n) is 5.81. The normalized spacial score (nSPS) is 17.2. The molecule has 1 unspecified atom stereocenters. The van der Waals surface area contributed by atoms with E-state index in [1.54, 1.807) is 30.4 Å². The van der Waals surface area contributed by atoms with Gasteiger partial charge in [-0.15, -0.1) is 0 Å². The summed E-state index contributed by atoms with van der Waals surface area (Å²) >= 11 is 0. The lowest BCUT2D eigenvalue weighted by atomic mass is 10.2. The summed E-state index contributed by atoms with van der Waals surface area (Å²) in [6, 6.07) is 0. The van der Waals surface area contributed by atoms with Gasteiger partial charge in [0.05, 0.1) is 18.3 Å². The third kappa shape index (κ3) is 16.9. The van der Waals surface area contributed by atoms with Gasteiger partial charge in [0, 0.05) is 0 Å². The van der Waals surface area contributed by atoms with Crippen LogP contribution >= 0.6 is 0 Å². The summed E-state index contributed by atoms with van der Waals surface area (Å²) in [5.74, 6) is 0. The molecule has 0 saturated carbocycles. The molecule has 0 rings (SSSR count). The van der Waals surface area contributed by atoms with Gasteiger partial charge in [0.15, 0.2) is 0 Å². The molecule has 0 spiro atoms. The number of hydrogen-bond donors (Lipinski definition) is 3. The van der Waals surface area contributed by atoms with Gasteiger partial charge in [-0.25, -0.2) is 0 Å². The Bertz CT molecular complexity index is 470. The first-order chi connectivity index (χ1) is 12.1. The van der Waals surface area contributed by atoms with Crippen molar-refractivity contribution in [2.45, 2.75) is 64.3 Å². The highest BCUT2D eigenvalue weighted by Gasteiger charge is 1.95. The molecule has 25 heavy (non-hydrogen) atoms. The number of aliphatic hydroxyl groups excluding tert-OH is 3. The molecular formula is C22H34O3. The van der Waals surface area contributed by atoms with Crippen molar-refractivity contribution >= 4 is 0 Å². The summed E-state index contributed by atoms with van der Waals surface area (Å²) in [5.41, 5.74) is 0. The predicted molar refractivity (Wildman–Crippen MR) is 107 cm³/mol. The Morgan fingerprint density at radius 3 is 1.68 bits per heavy atom. The Balaban J connectivity index is 3.98. The van der Waals surface area contributed by atoms with Crippen molar-refractivity contribution in [3.63, 3.8) is 0 Å². The number of hydrogen-bond acceptors (Lipinski definition) is 3. The molecule has 0 fully saturated rings. The van der Waals surface area contributed by atoms with Gasteiger partial charge in [0.1, 0.15) is 0 Å². The molecule has 0 aliphatic heterocycles. The molecule has 0 aliphatic carbocycles. The van der Waals surface area contributed by atoms with Gasteiger partial charge in [-0.2, -0.15) is 0 Å². The van der Waals surface area contributed by atoms with Gasteiger partial charge in [-0.3, -0.25) is 0 Å². The largest absolute Gasteiger partial charge is 0.389 e. The van der Waals surface area contributed by atoms with Crippen LogP contribution in [0.2, 0.25) is 0 Å². The monoisotopic (exact) mass is 346 g/mol. The van der Waals surface area contributed by atoms with Crippen LogP contribution in [0.4, 0.5) is 0 Å². The Morgan fingerprint density at radius 2 is 1.12 bits per heavy atom. The molecule has 0 aromatic rings. The van der Waals surface area contributed by atoms with Gasteiger partial charge in [-0.1, -0.05) is 93.2 Å². The molecular weight excluding hydrogens is 312 g/mol. The lowest BCUT2D eigenvalue weighted by molar-refractivity contribution is 0.211. The standard InChI is InChI=1S/C22H34O3/c1-3-5-9-15-21(24)18-12-8-13-19-22(25)17-11-7-6-10-16-20(23)14-4-2/h5-13,16-18,20-25H,3-4,14-15,19H2,1-2H3/b7-6+,9-5-,13-8-,16-10?,17-11+,18-12+/t20-,21+,22?/m0/s1. The second-order valence-corrected chi connectivity index (χ2v) is 5.81. The van der Waals surface area contributed by atoms with Crippen molar-refractivity contribution in [3.05, 3.63) is 72.9 Å². The van der Waals surface area contributed by atoms with Gasteiger partial charge >= 0.3 is 0 Å².